The SMILES string of the molecule is COc1ccccc1C(=O)N1CCN(C(=O)[C@H](NC(=O)c2ccco2)S(=O)(=O)c2ccccc2)CC1. The highest BCUT2D eigenvalue weighted by Gasteiger charge is 2.40. The fraction of sp³-hybridized carbons (Fsp3) is 0.240. The molecule has 0 unspecified atom stereocenters. The lowest BCUT2D eigenvalue weighted by Crippen LogP contribution is -2.57. The molecule has 1 atom stereocenters. The number of carbonyl (C=O) groups is 3. The van der Waals surface area contributed by atoms with Gasteiger partial charge in [-0.2, -0.15) is 0 Å². The number of methoxy groups -OCH3 is 1. The molecule has 0 radical (unpaired) electrons. The van der Waals surface area contributed by atoms with Crippen LogP contribution in [0.3, 0.4) is 0 Å². The summed E-state index contributed by atoms with van der Waals surface area (Å²) in [5.41, 5.74) is 0.398. The summed E-state index contributed by atoms with van der Waals surface area (Å²) >= 11 is 0. The molecule has 0 saturated carbocycles. The van der Waals surface area contributed by atoms with Crippen LogP contribution in [-0.2, 0) is 14.6 Å². The van der Waals surface area contributed by atoms with Gasteiger partial charge in [-0.15, -0.1) is 0 Å². The van der Waals surface area contributed by atoms with Gasteiger partial charge in [0, 0.05) is 26.2 Å². The first-order chi connectivity index (χ1) is 17.3. The highest BCUT2D eigenvalue weighted by atomic mass is 32.2. The number of ether oxygens (including phenoxy) is 1. The van der Waals surface area contributed by atoms with Crippen molar-refractivity contribution < 1.29 is 32.0 Å². The molecule has 4 rings (SSSR count). The first kappa shape index (κ1) is 25.0. The van der Waals surface area contributed by atoms with Gasteiger partial charge in [-0.25, -0.2) is 8.42 Å². The van der Waals surface area contributed by atoms with Gasteiger partial charge < -0.3 is 24.3 Å². The molecule has 1 aromatic heterocycles. The van der Waals surface area contributed by atoms with Crippen LogP contribution in [0.15, 0.2) is 82.3 Å². The van der Waals surface area contributed by atoms with E-state index >= 15 is 0 Å². The molecule has 1 aliphatic heterocycles. The summed E-state index contributed by atoms with van der Waals surface area (Å²) < 4.78 is 37.1. The van der Waals surface area contributed by atoms with Gasteiger partial charge in [0.2, 0.25) is 15.2 Å². The second-order valence-electron chi connectivity index (χ2n) is 8.01. The maximum absolute atomic E-state index is 13.4. The minimum Gasteiger partial charge on any atom is -0.496 e. The van der Waals surface area contributed by atoms with Crippen molar-refractivity contribution in [2.24, 2.45) is 0 Å². The Morgan fingerprint density at radius 2 is 1.53 bits per heavy atom. The first-order valence-corrected chi connectivity index (χ1v) is 12.7. The van der Waals surface area contributed by atoms with E-state index in [1.807, 2.05) is 0 Å². The molecule has 1 saturated heterocycles. The predicted molar refractivity (Wildman–Crippen MR) is 129 cm³/mol. The van der Waals surface area contributed by atoms with E-state index in [1.54, 1.807) is 35.2 Å². The number of nitrogens with one attached hydrogen (secondary N) is 1. The highest BCUT2D eigenvalue weighted by Crippen LogP contribution is 2.21. The summed E-state index contributed by atoms with van der Waals surface area (Å²) in [5, 5.41) is 0.455. The van der Waals surface area contributed by atoms with E-state index in [1.165, 1.54) is 54.7 Å². The van der Waals surface area contributed by atoms with Crippen molar-refractivity contribution in [3.05, 3.63) is 84.3 Å². The summed E-state index contributed by atoms with van der Waals surface area (Å²) in [5.74, 6) is -1.55. The van der Waals surface area contributed by atoms with E-state index in [0.717, 1.165) is 0 Å². The molecule has 2 heterocycles. The van der Waals surface area contributed by atoms with Crippen molar-refractivity contribution in [3.63, 3.8) is 0 Å². The molecule has 188 valence electrons. The summed E-state index contributed by atoms with van der Waals surface area (Å²) in [6, 6.07) is 17.1. The van der Waals surface area contributed by atoms with Crippen LogP contribution in [0, 0.1) is 0 Å². The van der Waals surface area contributed by atoms with Crippen LogP contribution < -0.4 is 10.1 Å². The lowest BCUT2D eigenvalue weighted by atomic mass is 10.1. The normalized spacial score (nSPS) is 14.7. The number of hydrogen-bond donors (Lipinski definition) is 1. The lowest BCUT2D eigenvalue weighted by molar-refractivity contribution is -0.132. The molecular weight excluding hydrogens is 486 g/mol. The number of rotatable bonds is 7. The van der Waals surface area contributed by atoms with Gasteiger partial charge in [-0.3, -0.25) is 14.4 Å². The third-order valence-electron chi connectivity index (χ3n) is 5.83. The molecule has 1 N–H and O–H groups in total. The fourth-order valence-electron chi connectivity index (χ4n) is 3.90. The Bertz CT molecular complexity index is 1330. The van der Waals surface area contributed by atoms with Crippen LogP contribution in [0.5, 0.6) is 5.75 Å². The van der Waals surface area contributed by atoms with Crippen molar-refractivity contribution >= 4 is 27.6 Å². The Kier molecular flexibility index (Phi) is 7.39. The maximum atomic E-state index is 13.4. The van der Waals surface area contributed by atoms with Gasteiger partial charge in [-0.1, -0.05) is 30.3 Å². The van der Waals surface area contributed by atoms with E-state index in [9.17, 15) is 22.8 Å². The Balaban J connectivity index is 1.53. The number of amides is 3. The molecular formula is C25H25N3O7S. The molecule has 0 spiro atoms. The number of sulfone groups is 1. The van der Waals surface area contributed by atoms with Crippen LogP contribution in [0.2, 0.25) is 0 Å². The van der Waals surface area contributed by atoms with Crippen molar-refractivity contribution in [1.82, 2.24) is 15.1 Å². The Hall–Kier alpha value is -4.12. The Labute approximate surface area is 208 Å². The van der Waals surface area contributed by atoms with Crippen LogP contribution in [0.4, 0.5) is 0 Å². The van der Waals surface area contributed by atoms with Gasteiger partial charge in [0.15, 0.2) is 5.76 Å². The van der Waals surface area contributed by atoms with Gasteiger partial charge in [0.25, 0.3) is 17.7 Å². The van der Waals surface area contributed by atoms with Crippen molar-refractivity contribution in [1.29, 1.82) is 0 Å². The Morgan fingerprint density at radius 1 is 0.889 bits per heavy atom. The minimum atomic E-state index is -4.28. The molecule has 36 heavy (non-hydrogen) atoms. The summed E-state index contributed by atoms with van der Waals surface area (Å²) in [6.07, 6.45) is 1.27. The molecule has 0 bridgehead atoms. The molecule has 3 amide bonds. The van der Waals surface area contributed by atoms with E-state index < -0.39 is 27.0 Å². The van der Waals surface area contributed by atoms with Crippen molar-refractivity contribution in [3.8, 4) is 5.75 Å². The summed E-state index contributed by atoms with van der Waals surface area (Å²) in [7, 11) is -2.80. The third kappa shape index (κ3) is 5.10. The van der Waals surface area contributed by atoms with E-state index in [2.05, 4.69) is 5.32 Å². The number of piperazine rings is 1. The standard InChI is InChI=1S/C25H25N3O7S/c1-34-20-11-6-5-10-19(20)24(30)27-13-15-28(16-14-27)25(31)23(26-22(29)21-12-7-17-35-21)36(32,33)18-8-3-2-4-9-18/h2-12,17,23H,13-16H2,1H3,(H,26,29)/t23-/m1/s1. The fourth-order valence-corrected chi connectivity index (χ4v) is 5.39. The van der Waals surface area contributed by atoms with E-state index in [0.29, 0.717) is 11.3 Å². The molecule has 1 fully saturated rings. The molecule has 10 nitrogen and oxygen atoms in total. The number of furan rings is 1. The van der Waals surface area contributed by atoms with Crippen molar-refractivity contribution in [2.45, 2.75) is 10.3 Å². The zero-order valence-corrected chi connectivity index (χ0v) is 20.3. The summed E-state index contributed by atoms with van der Waals surface area (Å²) in [6.45, 7) is 0.564. The maximum Gasteiger partial charge on any atom is 0.288 e. The minimum absolute atomic E-state index is 0.0944. The number of benzene rings is 2. The van der Waals surface area contributed by atoms with E-state index in [4.69, 9.17) is 9.15 Å². The number of carbonyl (C=O) groups excluding carboxylic acids is 3. The average Bonchev–Trinajstić information content (AvgIpc) is 3.47. The van der Waals surface area contributed by atoms with Gasteiger partial charge >= 0.3 is 0 Å². The second-order valence-corrected chi connectivity index (χ2v) is 10.0. The number of hydrogen-bond acceptors (Lipinski definition) is 7. The zero-order valence-electron chi connectivity index (χ0n) is 19.5. The Morgan fingerprint density at radius 3 is 2.17 bits per heavy atom. The van der Waals surface area contributed by atoms with Crippen LogP contribution >= 0.6 is 0 Å². The second kappa shape index (κ2) is 10.6. The smallest absolute Gasteiger partial charge is 0.288 e. The quantitative estimate of drug-likeness (QED) is 0.513. The molecule has 0 aliphatic carbocycles. The van der Waals surface area contributed by atoms with Crippen LogP contribution in [-0.4, -0.2) is 74.6 Å². The van der Waals surface area contributed by atoms with Gasteiger partial charge in [-0.05, 0) is 36.4 Å². The molecule has 1 aliphatic rings. The van der Waals surface area contributed by atoms with Gasteiger partial charge in [0.1, 0.15) is 5.75 Å². The third-order valence-corrected chi connectivity index (χ3v) is 7.70. The molecule has 3 aromatic rings. The molecule has 2 aromatic carbocycles. The predicted octanol–water partition coefficient (Wildman–Crippen LogP) is 1.80. The largest absolute Gasteiger partial charge is 0.496 e. The number of para-hydroxylation sites is 1. The topological polar surface area (TPSA) is 126 Å². The lowest BCUT2D eigenvalue weighted by Gasteiger charge is -2.36. The first-order valence-electron chi connectivity index (χ1n) is 11.2. The summed E-state index contributed by atoms with van der Waals surface area (Å²) in [4.78, 5) is 41.9. The van der Waals surface area contributed by atoms with Crippen molar-refractivity contribution in [2.75, 3.05) is 33.3 Å². The highest BCUT2D eigenvalue weighted by molar-refractivity contribution is 7.92. The van der Waals surface area contributed by atoms with Gasteiger partial charge in [0.05, 0.1) is 23.8 Å². The number of nitrogens with zero attached hydrogens (tertiary/aromatic N) is 2. The average molecular weight is 512 g/mol. The van der Waals surface area contributed by atoms with Crippen LogP contribution in [0.1, 0.15) is 20.9 Å². The van der Waals surface area contributed by atoms with E-state index in [-0.39, 0.29) is 42.7 Å². The monoisotopic (exact) mass is 511 g/mol. The van der Waals surface area contributed by atoms with Crippen LogP contribution in [0.25, 0.3) is 0 Å². The molecule has 11 heteroatoms. The zero-order chi connectivity index (χ0) is 25.7.